The molecule has 8 heteroatoms. The molecule has 0 spiro atoms. The molecule has 5 nitrogen and oxygen atoms in total. The third-order valence-corrected chi connectivity index (χ3v) is 4.89. The third kappa shape index (κ3) is 4.12. The second-order valence-corrected chi connectivity index (χ2v) is 6.98. The third-order valence-electron chi connectivity index (χ3n) is 4.55. The summed E-state index contributed by atoms with van der Waals surface area (Å²) in [7, 11) is 0. The van der Waals surface area contributed by atoms with Crippen LogP contribution in [0.2, 0.25) is 5.02 Å². The Morgan fingerprint density at radius 1 is 1.29 bits per heavy atom. The van der Waals surface area contributed by atoms with Crippen LogP contribution in [0.15, 0.2) is 48.5 Å². The smallest absolute Gasteiger partial charge is 0.252 e. The van der Waals surface area contributed by atoms with Gasteiger partial charge in [0.15, 0.2) is 0 Å². The summed E-state index contributed by atoms with van der Waals surface area (Å²) in [4.78, 5) is 26.0. The van der Waals surface area contributed by atoms with Gasteiger partial charge in [-0.2, -0.15) is 5.26 Å². The van der Waals surface area contributed by atoms with Crippen LogP contribution in [0, 0.1) is 11.3 Å². The molecule has 0 aromatic heterocycles. The molecule has 3 rings (SSSR count). The number of nitrogens with one attached hydrogen (secondary N) is 1. The van der Waals surface area contributed by atoms with Gasteiger partial charge in [-0.05, 0) is 24.3 Å². The summed E-state index contributed by atoms with van der Waals surface area (Å²) in [6.07, 6.45) is -0.433. The van der Waals surface area contributed by atoms with Gasteiger partial charge < -0.3 is 5.32 Å². The fourth-order valence-electron chi connectivity index (χ4n) is 3.16. The summed E-state index contributed by atoms with van der Waals surface area (Å²) in [5, 5.41) is 11.9. The van der Waals surface area contributed by atoms with E-state index in [-0.39, 0.29) is 5.02 Å². The fraction of sp³-hybridized carbons (Fsp3) is 0.250. The van der Waals surface area contributed by atoms with Crippen molar-refractivity contribution in [3.63, 3.8) is 0 Å². The van der Waals surface area contributed by atoms with E-state index in [0.29, 0.717) is 23.2 Å². The maximum atomic E-state index is 13.1. The lowest BCUT2D eigenvalue weighted by Gasteiger charge is -2.37. The lowest BCUT2D eigenvalue weighted by molar-refractivity contribution is -0.131. The van der Waals surface area contributed by atoms with E-state index < -0.39 is 36.8 Å². The number of hydrogen-bond donors (Lipinski definition) is 1. The highest BCUT2D eigenvalue weighted by Crippen LogP contribution is 2.38. The molecule has 1 saturated carbocycles. The quantitative estimate of drug-likeness (QED) is 0.745. The molecule has 144 valence electrons. The molecule has 1 fully saturated rings. The van der Waals surface area contributed by atoms with Crippen molar-refractivity contribution in [3.05, 3.63) is 64.7 Å². The monoisotopic (exact) mass is 403 g/mol. The molecule has 1 atom stereocenters. The van der Waals surface area contributed by atoms with Gasteiger partial charge in [0.05, 0.1) is 11.6 Å². The molecule has 2 amide bonds. The first-order chi connectivity index (χ1) is 13.3. The molecule has 2 aromatic carbocycles. The molecule has 1 aliphatic carbocycles. The van der Waals surface area contributed by atoms with Crippen LogP contribution >= 0.6 is 11.6 Å². The van der Waals surface area contributed by atoms with Gasteiger partial charge in [0.1, 0.15) is 6.04 Å². The van der Waals surface area contributed by atoms with Gasteiger partial charge in [-0.1, -0.05) is 35.9 Å². The Morgan fingerprint density at radius 2 is 2.00 bits per heavy atom. The highest BCUT2D eigenvalue weighted by atomic mass is 35.5. The lowest BCUT2D eigenvalue weighted by Crippen LogP contribution is -2.53. The standard InChI is InChI=1S/C20H16ClF2N3O2/c21-17-7-2-1-6-16(17)18(19(28)25-14-9-20(22,23)10-14)26(12-27)15-5-3-4-13(8-15)11-24/h1-8,12,14,18H,9-10H2,(H,25,28). The molecule has 0 aliphatic heterocycles. The van der Waals surface area contributed by atoms with Crippen LogP contribution in [0.3, 0.4) is 0 Å². The molecule has 0 bridgehead atoms. The lowest BCUT2D eigenvalue weighted by atomic mass is 9.87. The van der Waals surface area contributed by atoms with Gasteiger partial charge in [0, 0.05) is 35.2 Å². The summed E-state index contributed by atoms with van der Waals surface area (Å²) in [6.45, 7) is 0. The Labute approximate surface area is 165 Å². The SMILES string of the molecule is N#Cc1cccc(N(C=O)C(C(=O)NC2CC(F)(F)C2)c2ccccc2Cl)c1. The zero-order chi connectivity index (χ0) is 20.3. The Kier molecular flexibility index (Phi) is 5.61. The molecule has 1 aliphatic rings. The van der Waals surface area contributed by atoms with Crippen molar-refractivity contribution in [1.82, 2.24) is 5.32 Å². The van der Waals surface area contributed by atoms with E-state index >= 15 is 0 Å². The number of anilines is 1. The number of rotatable bonds is 6. The van der Waals surface area contributed by atoms with Gasteiger partial charge in [0.2, 0.25) is 12.3 Å². The molecule has 0 saturated heterocycles. The van der Waals surface area contributed by atoms with Crippen LogP contribution < -0.4 is 10.2 Å². The van der Waals surface area contributed by atoms with Crippen molar-refractivity contribution < 1.29 is 18.4 Å². The number of halogens is 3. The summed E-state index contributed by atoms with van der Waals surface area (Å²) < 4.78 is 26.3. The molecule has 0 radical (unpaired) electrons. The molecular formula is C20H16ClF2N3O2. The first kappa shape index (κ1) is 19.8. The number of carbonyl (C=O) groups is 2. The van der Waals surface area contributed by atoms with Gasteiger partial charge in [0.25, 0.3) is 5.92 Å². The van der Waals surface area contributed by atoms with E-state index in [0.717, 1.165) is 4.90 Å². The van der Waals surface area contributed by atoms with Crippen LogP contribution in [0.1, 0.15) is 30.0 Å². The first-order valence-electron chi connectivity index (χ1n) is 8.51. The molecular weight excluding hydrogens is 388 g/mol. The van der Waals surface area contributed by atoms with Gasteiger partial charge >= 0.3 is 0 Å². The minimum Gasteiger partial charge on any atom is -0.351 e. The normalized spacial score (nSPS) is 16.4. The Bertz CT molecular complexity index is 937. The maximum absolute atomic E-state index is 13.1. The van der Waals surface area contributed by atoms with Crippen molar-refractivity contribution in [1.29, 1.82) is 5.26 Å². The number of nitrogens with zero attached hydrogens (tertiary/aromatic N) is 2. The predicted octanol–water partition coefficient (Wildman–Crippen LogP) is 3.83. The van der Waals surface area contributed by atoms with Crippen molar-refractivity contribution >= 4 is 29.6 Å². The van der Waals surface area contributed by atoms with Crippen LogP contribution in [-0.4, -0.2) is 24.3 Å². The van der Waals surface area contributed by atoms with Crippen LogP contribution in [0.25, 0.3) is 0 Å². The van der Waals surface area contributed by atoms with E-state index in [9.17, 15) is 18.4 Å². The Hall–Kier alpha value is -2.98. The van der Waals surface area contributed by atoms with Crippen molar-refractivity contribution in [2.45, 2.75) is 30.8 Å². The fourth-order valence-corrected chi connectivity index (χ4v) is 3.40. The number of amides is 2. The van der Waals surface area contributed by atoms with Crippen molar-refractivity contribution in [3.8, 4) is 6.07 Å². The minimum atomic E-state index is -2.79. The minimum absolute atomic E-state index is 0.255. The van der Waals surface area contributed by atoms with E-state index in [2.05, 4.69) is 5.32 Å². The van der Waals surface area contributed by atoms with E-state index in [1.54, 1.807) is 42.5 Å². The van der Waals surface area contributed by atoms with Crippen LogP contribution in [0.5, 0.6) is 0 Å². The topological polar surface area (TPSA) is 73.2 Å². The Morgan fingerprint density at radius 3 is 2.61 bits per heavy atom. The summed E-state index contributed by atoms with van der Waals surface area (Å²) >= 11 is 6.24. The van der Waals surface area contributed by atoms with Crippen molar-refractivity contribution in [2.24, 2.45) is 0 Å². The maximum Gasteiger partial charge on any atom is 0.252 e. The van der Waals surface area contributed by atoms with Crippen molar-refractivity contribution in [2.75, 3.05) is 4.90 Å². The average Bonchev–Trinajstić information content (AvgIpc) is 2.65. The number of carbonyl (C=O) groups excluding carboxylic acids is 2. The second kappa shape index (κ2) is 7.95. The molecule has 2 aromatic rings. The molecule has 1 unspecified atom stereocenters. The Balaban J connectivity index is 1.97. The largest absolute Gasteiger partial charge is 0.351 e. The highest BCUT2D eigenvalue weighted by molar-refractivity contribution is 6.31. The van der Waals surface area contributed by atoms with E-state index in [4.69, 9.17) is 16.9 Å². The van der Waals surface area contributed by atoms with Gasteiger partial charge in [-0.15, -0.1) is 0 Å². The van der Waals surface area contributed by atoms with E-state index in [1.807, 2.05) is 6.07 Å². The number of benzene rings is 2. The first-order valence-corrected chi connectivity index (χ1v) is 8.89. The number of nitriles is 1. The summed E-state index contributed by atoms with van der Waals surface area (Å²) in [5.74, 6) is -3.41. The highest BCUT2D eigenvalue weighted by Gasteiger charge is 2.46. The summed E-state index contributed by atoms with van der Waals surface area (Å²) in [6, 6.07) is 12.8. The number of alkyl halides is 2. The van der Waals surface area contributed by atoms with Crippen LogP contribution in [0.4, 0.5) is 14.5 Å². The average molecular weight is 404 g/mol. The molecule has 1 N–H and O–H groups in total. The zero-order valence-corrected chi connectivity index (χ0v) is 15.4. The summed E-state index contributed by atoms with van der Waals surface area (Å²) in [5.41, 5.74) is 0.969. The van der Waals surface area contributed by atoms with Gasteiger partial charge in [-0.3, -0.25) is 14.5 Å². The second-order valence-electron chi connectivity index (χ2n) is 6.57. The van der Waals surface area contributed by atoms with E-state index in [1.165, 1.54) is 6.07 Å². The van der Waals surface area contributed by atoms with Crippen LogP contribution in [-0.2, 0) is 9.59 Å². The molecule has 0 heterocycles. The molecule has 28 heavy (non-hydrogen) atoms. The zero-order valence-electron chi connectivity index (χ0n) is 14.6. The number of hydrogen-bond acceptors (Lipinski definition) is 3. The predicted molar refractivity (Wildman–Crippen MR) is 100 cm³/mol. The van der Waals surface area contributed by atoms with Gasteiger partial charge in [-0.25, -0.2) is 8.78 Å².